The zero-order valence-corrected chi connectivity index (χ0v) is 24.8. The molecule has 0 bridgehead atoms. The molecule has 0 aliphatic carbocycles. The van der Waals surface area contributed by atoms with Crippen LogP contribution < -0.4 is 16.4 Å². The number of aliphatic hydroxyl groups excluding tert-OH is 2. The van der Waals surface area contributed by atoms with Gasteiger partial charge in [0, 0.05) is 42.3 Å². The van der Waals surface area contributed by atoms with E-state index in [9.17, 15) is 9.90 Å². The van der Waals surface area contributed by atoms with Crippen LogP contribution in [0.25, 0.3) is 0 Å². The Bertz CT molecular complexity index is 1230. The fourth-order valence-electron chi connectivity index (χ4n) is 6.53. The van der Waals surface area contributed by atoms with Crippen LogP contribution >= 0.6 is 23.2 Å². The van der Waals surface area contributed by atoms with E-state index in [4.69, 9.17) is 38.8 Å². The van der Waals surface area contributed by atoms with Gasteiger partial charge in [-0.15, -0.1) is 0 Å². The van der Waals surface area contributed by atoms with Gasteiger partial charge in [-0.1, -0.05) is 55.2 Å². The van der Waals surface area contributed by atoms with E-state index in [2.05, 4.69) is 24.5 Å². The second-order valence-electron chi connectivity index (χ2n) is 11.9. The van der Waals surface area contributed by atoms with Gasteiger partial charge in [-0.25, -0.2) is 8.78 Å². The number of nitrogens with two attached hydrogens (primary N) is 1. The van der Waals surface area contributed by atoms with E-state index in [-0.39, 0.29) is 39.6 Å². The Morgan fingerprint density at radius 1 is 1.24 bits per heavy atom. The fourth-order valence-corrected chi connectivity index (χ4v) is 6.87. The van der Waals surface area contributed by atoms with Crippen LogP contribution in [0.3, 0.4) is 0 Å². The number of ether oxygens (including phenoxy) is 1. The van der Waals surface area contributed by atoms with Gasteiger partial charge in [-0.05, 0) is 60.8 Å². The zero-order valence-electron chi connectivity index (χ0n) is 23.3. The topological polar surface area (TPSA) is 117 Å². The van der Waals surface area contributed by atoms with Crippen molar-refractivity contribution in [1.82, 2.24) is 10.6 Å². The van der Waals surface area contributed by atoms with E-state index in [1.165, 1.54) is 30.3 Å². The van der Waals surface area contributed by atoms with Crippen molar-refractivity contribution in [2.75, 3.05) is 26.4 Å². The molecule has 0 saturated carbocycles. The fraction of sp³-hybridized carbons (Fsp3) is 0.567. The van der Waals surface area contributed by atoms with Gasteiger partial charge in [0.2, 0.25) is 5.91 Å². The molecule has 5 unspecified atom stereocenters. The molecular weight excluding hydrogens is 575 g/mol. The predicted octanol–water partition coefficient (Wildman–Crippen LogP) is 4.25. The Morgan fingerprint density at radius 2 is 1.95 bits per heavy atom. The number of amides is 1. The maximum atomic E-state index is 15.8. The first-order valence-electron chi connectivity index (χ1n) is 14.0. The number of nitrogens with one attached hydrogen (secondary N) is 2. The van der Waals surface area contributed by atoms with E-state index < -0.39 is 53.8 Å². The maximum absolute atomic E-state index is 15.8. The number of rotatable bonds is 10. The quantitative estimate of drug-likeness (QED) is 0.273. The highest BCUT2D eigenvalue weighted by atomic mass is 35.5. The van der Waals surface area contributed by atoms with E-state index in [1.54, 1.807) is 6.07 Å². The summed E-state index contributed by atoms with van der Waals surface area (Å²) in [6.45, 7) is 5.16. The highest BCUT2D eigenvalue weighted by molar-refractivity contribution is 6.31. The smallest absolute Gasteiger partial charge is 0.237 e. The Balaban J connectivity index is 1.83. The van der Waals surface area contributed by atoms with Crippen LogP contribution in [0.15, 0.2) is 36.4 Å². The number of hydrogen-bond acceptors (Lipinski definition) is 6. The molecule has 1 amide bonds. The molecule has 5 atom stereocenters. The molecule has 6 N–H and O–H groups in total. The van der Waals surface area contributed by atoms with Crippen molar-refractivity contribution in [2.45, 2.75) is 69.2 Å². The number of carbonyl (C=O) groups excluding carboxylic acids is 1. The van der Waals surface area contributed by atoms with E-state index in [0.717, 1.165) is 12.8 Å². The molecule has 2 aliphatic rings. The van der Waals surface area contributed by atoms with Crippen LogP contribution in [0.1, 0.15) is 56.6 Å². The van der Waals surface area contributed by atoms with Crippen LogP contribution in [0, 0.1) is 23.0 Å². The molecule has 11 heteroatoms. The average molecular weight is 615 g/mol. The van der Waals surface area contributed by atoms with Crippen LogP contribution in [0.2, 0.25) is 10.0 Å². The number of hydrogen-bond donors (Lipinski definition) is 5. The Kier molecular flexibility index (Phi) is 10.3. The number of halogens is 4. The Morgan fingerprint density at radius 3 is 2.61 bits per heavy atom. The summed E-state index contributed by atoms with van der Waals surface area (Å²) in [6, 6.07) is 6.98. The van der Waals surface area contributed by atoms with Crippen molar-refractivity contribution in [2.24, 2.45) is 17.1 Å². The predicted molar refractivity (Wildman–Crippen MR) is 155 cm³/mol. The summed E-state index contributed by atoms with van der Waals surface area (Å²) in [6.07, 6.45) is 1.29. The molecule has 2 aromatic rings. The normalized spacial score (nSPS) is 26.2. The van der Waals surface area contributed by atoms with Crippen molar-refractivity contribution in [3.05, 3.63) is 69.2 Å². The molecule has 2 saturated heterocycles. The molecule has 41 heavy (non-hydrogen) atoms. The minimum Gasteiger partial charge on any atom is -0.394 e. The van der Waals surface area contributed by atoms with Crippen molar-refractivity contribution in [3.8, 4) is 0 Å². The zero-order chi connectivity index (χ0) is 29.9. The SMILES string of the molecule is CC(C)(CC1NC(C(=O)NCCC(O)CO)C(c2cccc(Cl)c2F)C1(N)c1ccc(Cl)cc1F)C1CCOCC1. The van der Waals surface area contributed by atoms with Crippen LogP contribution in [-0.2, 0) is 15.1 Å². The van der Waals surface area contributed by atoms with Crippen molar-refractivity contribution >= 4 is 29.1 Å². The lowest BCUT2D eigenvalue weighted by atomic mass is 9.64. The number of aliphatic hydroxyl groups is 2. The minimum absolute atomic E-state index is 0.0641. The summed E-state index contributed by atoms with van der Waals surface area (Å²) in [5.74, 6) is -2.64. The molecular formula is C30H39Cl2F2N3O4. The van der Waals surface area contributed by atoms with Gasteiger partial charge in [-0.3, -0.25) is 4.79 Å². The van der Waals surface area contributed by atoms with Crippen LogP contribution in [-0.4, -0.2) is 60.7 Å². The summed E-state index contributed by atoms with van der Waals surface area (Å²) in [5.41, 5.74) is 5.62. The number of carbonyl (C=O) groups is 1. The molecule has 2 aromatic carbocycles. The maximum Gasteiger partial charge on any atom is 0.237 e. The molecule has 0 aromatic heterocycles. The second kappa shape index (κ2) is 13.2. The summed E-state index contributed by atoms with van der Waals surface area (Å²) in [5, 5.41) is 25.1. The summed E-state index contributed by atoms with van der Waals surface area (Å²) < 4.78 is 37.1. The summed E-state index contributed by atoms with van der Waals surface area (Å²) >= 11 is 12.3. The molecule has 2 fully saturated rings. The van der Waals surface area contributed by atoms with Gasteiger partial charge in [0.25, 0.3) is 0 Å². The first-order chi connectivity index (χ1) is 19.4. The van der Waals surface area contributed by atoms with Crippen LogP contribution in [0.4, 0.5) is 8.78 Å². The minimum atomic E-state index is -1.59. The third kappa shape index (κ3) is 6.72. The van der Waals surface area contributed by atoms with Crippen molar-refractivity contribution < 1.29 is 28.5 Å². The van der Waals surface area contributed by atoms with Gasteiger partial charge in [0.05, 0.1) is 29.3 Å². The standard InChI is InChI=1S/C30H39Cl2F2N3O4/c1-29(2,17-9-12-41-13-10-17)15-24-30(35,21-7-6-18(31)14-23(21)33)25(20-4-3-5-22(32)26(20)34)27(37-24)28(40)36-11-8-19(39)16-38/h3-7,14,17,19,24-25,27,37-39H,8-13,15-16,35H2,1-2H3,(H,36,40). The highest BCUT2D eigenvalue weighted by Crippen LogP contribution is 2.51. The van der Waals surface area contributed by atoms with Crippen LogP contribution in [0.5, 0.6) is 0 Å². The lowest BCUT2D eigenvalue weighted by Gasteiger charge is -2.43. The molecule has 2 aliphatic heterocycles. The van der Waals surface area contributed by atoms with Gasteiger partial charge >= 0.3 is 0 Å². The van der Waals surface area contributed by atoms with Crippen molar-refractivity contribution in [1.29, 1.82) is 0 Å². The van der Waals surface area contributed by atoms with Crippen molar-refractivity contribution in [3.63, 3.8) is 0 Å². The lowest BCUT2D eigenvalue weighted by Crippen LogP contribution is -2.53. The first kappa shape index (κ1) is 32.1. The largest absolute Gasteiger partial charge is 0.394 e. The molecule has 0 radical (unpaired) electrons. The van der Waals surface area contributed by atoms with Gasteiger partial charge < -0.3 is 31.3 Å². The summed E-state index contributed by atoms with van der Waals surface area (Å²) in [4.78, 5) is 13.7. The van der Waals surface area contributed by atoms with Gasteiger partial charge in [0.1, 0.15) is 11.6 Å². The molecule has 4 rings (SSSR count). The molecule has 2 heterocycles. The second-order valence-corrected chi connectivity index (χ2v) is 12.7. The number of benzene rings is 2. The molecule has 226 valence electrons. The summed E-state index contributed by atoms with van der Waals surface area (Å²) in [7, 11) is 0. The van der Waals surface area contributed by atoms with E-state index in [1.807, 2.05) is 0 Å². The third-order valence-electron chi connectivity index (χ3n) is 8.85. The average Bonchev–Trinajstić information content (AvgIpc) is 3.22. The van der Waals surface area contributed by atoms with Gasteiger partial charge in [-0.2, -0.15) is 0 Å². The van der Waals surface area contributed by atoms with E-state index >= 15 is 8.78 Å². The van der Waals surface area contributed by atoms with E-state index in [0.29, 0.717) is 25.6 Å². The third-order valence-corrected chi connectivity index (χ3v) is 9.37. The highest BCUT2D eigenvalue weighted by Gasteiger charge is 2.59. The monoisotopic (exact) mass is 613 g/mol. The Labute approximate surface area is 249 Å². The molecule has 0 spiro atoms. The molecule has 7 nitrogen and oxygen atoms in total. The lowest BCUT2D eigenvalue weighted by molar-refractivity contribution is -0.123. The van der Waals surface area contributed by atoms with Gasteiger partial charge in [0.15, 0.2) is 0 Å². The Hall–Kier alpha value is -1.85. The first-order valence-corrected chi connectivity index (χ1v) is 14.7.